The molecule has 1 heterocycles. The lowest BCUT2D eigenvalue weighted by Gasteiger charge is -2.21. The minimum Gasteiger partial charge on any atom is -0.480 e. The first kappa shape index (κ1) is 13.0. The number of carbonyl (C=O) groups is 2. The van der Waals surface area contributed by atoms with Gasteiger partial charge in [-0.3, -0.25) is 9.59 Å². The molecule has 0 atom stereocenters. The predicted octanol–water partition coefficient (Wildman–Crippen LogP) is 1.59. The van der Waals surface area contributed by atoms with Crippen LogP contribution in [0.2, 0.25) is 0 Å². The van der Waals surface area contributed by atoms with E-state index >= 15 is 0 Å². The van der Waals surface area contributed by atoms with E-state index in [9.17, 15) is 9.59 Å². The largest absolute Gasteiger partial charge is 0.480 e. The van der Waals surface area contributed by atoms with Crippen molar-refractivity contribution in [1.29, 1.82) is 0 Å². The smallest absolute Gasteiger partial charge is 0.323 e. The molecular formula is C15H18N2O3. The van der Waals surface area contributed by atoms with Crippen molar-refractivity contribution in [2.24, 2.45) is 5.92 Å². The van der Waals surface area contributed by atoms with Gasteiger partial charge in [0.25, 0.3) is 5.91 Å². The van der Waals surface area contributed by atoms with E-state index in [1.54, 1.807) is 6.07 Å². The second-order valence-electron chi connectivity index (χ2n) is 5.57. The summed E-state index contributed by atoms with van der Waals surface area (Å²) in [7, 11) is 0. The molecule has 5 heteroatoms. The summed E-state index contributed by atoms with van der Waals surface area (Å²) in [6, 6.07) is 5.60. The Kier molecular flexibility index (Phi) is 3.34. The molecule has 0 bridgehead atoms. The summed E-state index contributed by atoms with van der Waals surface area (Å²) >= 11 is 0. The van der Waals surface area contributed by atoms with Gasteiger partial charge < -0.3 is 15.3 Å². The molecule has 2 N–H and O–H groups in total. The van der Waals surface area contributed by atoms with Crippen LogP contribution in [0.25, 0.3) is 0 Å². The zero-order valence-electron chi connectivity index (χ0n) is 11.3. The van der Waals surface area contributed by atoms with Crippen molar-refractivity contribution in [2.75, 3.05) is 25.0 Å². The van der Waals surface area contributed by atoms with Crippen LogP contribution in [0.15, 0.2) is 18.2 Å². The van der Waals surface area contributed by atoms with Crippen molar-refractivity contribution < 1.29 is 14.7 Å². The van der Waals surface area contributed by atoms with Gasteiger partial charge in [-0.25, -0.2) is 0 Å². The number of nitrogens with zero attached hydrogens (tertiary/aromatic N) is 1. The molecule has 1 aromatic rings. The molecule has 0 saturated heterocycles. The Bertz CT molecular complexity index is 552. The van der Waals surface area contributed by atoms with Crippen LogP contribution in [0.3, 0.4) is 0 Å². The second kappa shape index (κ2) is 5.15. The van der Waals surface area contributed by atoms with Crippen LogP contribution in [0.4, 0.5) is 5.69 Å². The van der Waals surface area contributed by atoms with Gasteiger partial charge in [0.2, 0.25) is 0 Å². The Labute approximate surface area is 117 Å². The first-order chi connectivity index (χ1) is 9.63. The standard InChI is InChI=1S/C15H18N2O3/c18-14(19)9-17(8-10-1-2-10)15(20)12-4-3-11-5-6-16-13(11)7-12/h3-4,7,10,16H,1-2,5-6,8-9H2,(H,18,19). The molecule has 1 aromatic carbocycles. The van der Waals surface area contributed by atoms with E-state index in [2.05, 4.69) is 5.32 Å². The molecule has 1 amide bonds. The van der Waals surface area contributed by atoms with Crippen LogP contribution >= 0.6 is 0 Å². The fraction of sp³-hybridized carbons (Fsp3) is 0.467. The van der Waals surface area contributed by atoms with Crippen molar-refractivity contribution in [1.82, 2.24) is 4.90 Å². The van der Waals surface area contributed by atoms with Crippen molar-refractivity contribution in [3.05, 3.63) is 29.3 Å². The maximum Gasteiger partial charge on any atom is 0.323 e. The number of aliphatic carboxylic acids is 1. The molecule has 106 valence electrons. The zero-order valence-corrected chi connectivity index (χ0v) is 11.3. The van der Waals surface area contributed by atoms with Gasteiger partial charge in [0.1, 0.15) is 6.54 Å². The zero-order chi connectivity index (χ0) is 14.1. The second-order valence-corrected chi connectivity index (χ2v) is 5.57. The lowest BCUT2D eigenvalue weighted by molar-refractivity contribution is -0.137. The van der Waals surface area contributed by atoms with Gasteiger partial charge in [0.15, 0.2) is 0 Å². The highest BCUT2D eigenvalue weighted by Crippen LogP contribution is 2.30. The van der Waals surface area contributed by atoms with E-state index in [0.29, 0.717) is 18.0 Å². The van der Waals surface area contributed by atoms with Gasteiger partial charge in [-0.1, -0.05) is 6.07 Å². The fourth-order valence-corrected chi connectivity index (χ4v) is 2.60. The number of rotatable bonds is 5. The molecule has 2 aliphatic rings. The number of carbonyl (C=O) groups excluding carboxylic acids is 1. The predicted molar refractivity (Wildman–Crippen MR) is 74.9 cm³/mol. The van der Waals surface area contributed by atoms with Crippen molar-refractivity contribution in [2.45, 2.75) is 19.3 Å². The normalized spacial score (nSPS) is 16.4. The minimum atomic E-state index is -0.960. The molecule has 1 fully saturated rings. The summed E-state index contributed by atoms with van der Waals surface area (Å²) in [5.41, 5.74) is 2.78. The van der Waals surface area contributed by atoms with Gasteiger partial charge in [-0.05, 0) is 42.9 Å². The lowest BCUT2D eigenvalue weighted by atomic mass is 10.1. The highest BCUT2D eigenvalue weighted by molar-refractivity contribution is 5.97. The summed E-state index contributed by atoms with van der Waals surface area (Å²) in [4.78, 5) is 24.9. The summed E-state index contributed by atoms with van der Waals surface area (Å²) in [6.45, 7) is 1.23. The molecule has 0 radical (unpaired) electrons. The molecule has 1 aliphatic heterocycles. The summed E-state index contributed by atoms with van der Waals surface area (Å²) in [5.74, 6) is -0.667. The Hall–Kier alpha value is -2.04. The Morgan fingerprint density at radius 2 is 2.15 bits per heavy atom. The molecule has 5 nitrogen and oxygen atoms in total. The summed E-state index contributed by atoms with van der Waals surface area (Å²) < 4.78 is 0. The monoisotopic (exact) mass is 274 g/mol. The Balaban J connectivity index is 1.78. The number of hydrogen-bond donors (Lipinski definition) is 2. The third-order valence-corrected chi connectivity index (χ3v) is 3.86. The van der Waals surface area contributed by atoms with Crippen molar-refractivity contribution in [3.8, 4) is 0 Å². The maximum atomic E-state index is 12.5. The highest BCUT2D eigenvalue weighted by atomic mass is 16.4. The molecule has 0 aromatic heterocycles. The number of carboxylic acids is 1. The quantitative estimate of drug-likeness (QED) is 0.855. The maximum absolute atomic E-state index is 12.5. The van der Waals surface area contributed by atoms with E-state index in [-0.39, 0.29) is 12.5 Å². The van der Waals surface area contributed by atoms with Crippen molar-refractivity contribution in [3.63, 3.8) is 0 Å². The summed E-state index contributed by atoms with van der Waals surface area (Å²) in [5, 5.41) is 12.2. The lowest BCUT2D eigenvalue weighted by Crippen LogP contribution is -2.37. The summed E-state index contributed by atoms with van der Waals surface area (Å²) in [6.07, 6.45) is 3.16. The third kappa shape index (κ3) is 2.76. The molecule has 20 heavy (non-hydrogen) atoms. The third-order valence-electron chi connectivity index (χ3n) is 3.86. The van der Waals surface area contributed by atoms with E-state index in [0.717, 1.165) is 31.5 Å². The Morgan fingerprint density at radius 3 is 2.85 bits per heavy atom. The van der Waals surface area contributed by atoms with Crippen LogP contribution < -0.4 is 5.32 Å². The topological polar surface area (TPSA) is 69.6 Å². The number of carboxylic acid groups (broad SMARTS) is 1. The number of amides is 1. The van der Waals surface area contributed by atoms with Gasteiger partial charge in [-0.2, -0.15) is 0 Å². The van der Waals surface area contributed by atoms with E-state index in [1.165, 1.54) is 10.5 Å². The SMILES string of the molecule is O=C(O)CN(CC1CC1)C(=O)c1ccc2c(c1)NCC2. The average molecular weight is 274 g/mol. The molecule has 0 spiro atoms. The molecular weight excluding hydrogens is 256 g/mol. The number of fused-ring (bicyclic) bond motifs is 1. The van der Waals surface area contributed by atoms with Crippen LogP contribution in [-0.2, 0) is 11.2 Å². The molecule has 1 saturated carbocycles. The van der Waals surface area contributed by atoms with Crippen LogP contribution in [0.5, 0.6) is 0 Å². The van der Waals surface area contributed by atoms with Gasteiger partial charge in [0, 0.05) is 24.3 Å². The first-order valence-corrected chi connectivity index (χ1v) is 7.01. The van der Waals surface area contributed by atoms with Gasteiger partial charge in [0.05, 0.1) is 0 Å². The molecule has 1 aliphatic carbocycles. The van der Waals surface area contributed by atoms with E-state index < -0.39 is 5.97 Å². The van der Waals surface area contributed by atoms with E-state index in [1.807, 2.05) is 12.1 Å². The van der Waals surface area contributed by atoms with E-state index in [4.69, 9.17) is 5.11 Å². The van der Waals surface area contributed by atoms with Crippen LogP contribution in [0, 0.1) is 5.92 Å². The number of hydrogen-bond acceptors (Lipinski definition) is 3. The number of anilines is 1. The van der Waals surface area contributed by atoms with Gasteiger partial charge in [-0.15, -0.1) is 0 Å². The van der Waals surface area contributed by atoms with Crippen LogP contribution in [0.1, 0.15) is 28.8 Å². The number of benzene rings is 1. The first-order valence-electron chi connectivity index (χ1n) is 7.01. The van der Waals surface area contributed by atoms with Crippen molar-refractivity contribution >= 4 is 17.6 Å². The number of nitrogens with one attached hydrogen (secondary N) is 1. The highest BCUT2D eigenvalue weighted by Gasteiger charge is 2.28. The fourth-order valence-electron chi connectivity index (χ4n) is 2.60. The minimum absolute atomic E-state index is 0.184. The average Bonchev–Trinajstić information content (AvgIpc) is 3.11. The van der Waals surface area contributed by atoms with Crippen LogP contribution in [-0.4, -0.2) is 41.5 Å². The molecule has 0 unspecified atom stereocenters. The molecule has 3 rings (SSSR count). The Morgan fingerprint density at radius 1 is 1.35 bits per heavy atom. The van der Waals surface area contributed by atoms with Gasteiger partial charge >= 0.3 is 5.97 Å².